The normalized spacial score (nSPS) is 20.0. The molecule has 0 aliphatic heterocycles. The molecule has 2 aromatic carbocycles. The van der Waals surface area contributed by atoms with Crippen LogP contribution in [-0.4, -0.2) is 25.4 Å². The molecule has 3 aliphatic carbocycles. The lowest BCUT2D eigenvalue weighted by molar-refractivity contribution is 0.164. The molecule has 0 saturated heterocycles. The highest BCUT2D eigenvalue weighted by Gasteiger charge is 2.49. The van der Waals surface area contributed by atoms with Gasteiger partial charge < -0.3 is 9.13 Å². The Morgan fingerprint density at radius 3 is 2.70 bits per heavy atom. The first-order valence-electron chi connectivity index (χ1n) is 14.4. The smallest absolute Gasteiger partial charge is 0.269 e. The van der Waals surface area contributed by atoms with Gasteiger partial charge in [0, 0.05) is 52.4 Å². The zero-order chi connectivity index (χ0) is 30.0. The minimum atomic E-state index is -0.476. The van der Waals surface area contributed by atoms with E-state index in [-0.39, 0.29) is 34.6 Å². The van der Waals surface area contributed by atoms with E-state index in [1.165, 1.54) is 24.4 Å². The zero-order valence-corrected chi connectivity index (χ0v) is 26.0. The summed E-state index contributed by atoms with van der Waals surface area (Å²) in [6.07, 6.45) is 10.7. The highest BCUT2D eigenvalue weighted by atomic mass is 35.5. The monoisotopic (exact) mass is 631 g/mol. The van der Waals surface area contributed by atoms with Gasteiger partial charge >= 0.3 is 0 Å². The second-order valence-corrected chi connectivity index (χ2v) is 13.1. The number of pyridine rings is 1. The molecule has 3 saturated carbocycles. The van der Waals surface area contributed by atoms with Crippen LogP contribution in [0.5, 0.6) is 0 Å². The summed E-state index contributed by atoms with van der Waals surface area (Å²) in [5.74, 6) is 0.597. The molecular formula is C33H28Cl2FN5OS. The lowest BCUT2D eigenvalue weighted by atomic mass is 9.78. The molecule has 6 nitrogen and oxygen atoms in total. The third-order valence-electron chi connectivity index (χ3n) is 9.38. The zero-order valence-electron chi connectivity index (χ0n) is 23.7. The summed E-state index contributed by atoms with van der Waals surface area (Å²) in [5, 5.41) is 12.4. The Hall–Kier alpha value is -3.38. The molecule has 4 atom stereocenters. The van der Waals surface area contributed by atoms with Crippen molar-refractivity contribution in [3.05, 3.63) is 86.4 Å². The van der Waals surface area contributed by atoms with E-state index in [0.29, 0.717) is 45.4 Å². The van der Waals surface area contributed by atoms with Crippen molar-refractivity contribution in [1.82, 2.24) is 19.1 Å². The van der Waals surface area contributed by atoms with E-state index in [4.69, 9.17) is 28.2 Å². The van der Waals surface area contributed by atoms with E-state index in [0.717, 1.165) is 34.5 Å². The summed E-state index contributed by atoms with van der Waals surface area (Å²) in [7, 11) is 0. The van der Waals surface area contributed by atoms with Crippen LogP contribution in [0.2, 0.25) is 10.0 Å². The maximum atomic E-state index is 17.0. The van der Waals surface area contributed by atoms with Gasteiger partial charge in [-0.1, -0.05) is 35.3 Å². The first kappa shape index (κ1) is 28.4. The van der Waals surface area contributed by atoms with Crippen LogP contribution < -0.4 is 5.56 Å². The van der Waals surface area contributed by atoms with Crippen molar-refractivity contribution in [2.75, 3.05) is 6.26 Å². The summed E-state index contributed by atoms with van der Waals surface area (Å²) in [6, 6.07) is 11.5. The van der Waals surface area contributed by atoms with Crippen LogP contribution in [0, 0.1) is 29.0 Å². The number of aryl methyl sites for hydroxylation is 1. The van der Waals surface area contributed by atoms with Gasteiger partial charge in [0.25, 0.3) is 5.56 Å². The fourth-order valence-electron chi connectivity index (χ4n) is 7.40. The highest BCUT2D eigenvalue weighted by Crippen LogP contribution is 2.58. The van der Waals surface area contributed by atoms with Gasteiger partial charge in [0.05, 0.1) is 33.9 Å². The summed E-state index contributed by atoms with van der Waals surface area (Å²) >= 11 is 14.5. The van der Waals surface area contributed by atoms with Crippen molar-refractivity contribution in [3.63, 3.8) is 0 Å². The standard InChI is InChI=1S/C33H28Cl2FN5OS/c1-17(40-12-11-38-16-26(40)42)25-15-23-32(41(25)31-19-8-9-20(31)13-19)22-14-18(5-4-10-37)27(21-6-3-7-24(34)28(21)35)29(36)30(22)39-33(23)43-2/h3,6-7,11-12,14-17,19-20,31H,4-5,8-9,13H2,1-2H3/t17-,19-,20+,31?/m1/s1. The molecule has 2 bridgehead atoms. The SMILES string of the molecule is CSc1nc2c(F)c(-c3cccc(Cl)c3Cl)c(CCC#N)cc2c2c1cc([C@@H](C)n1ccncc1=O)n2C1[C@@H]2CC[C@H]1C2. The van der Waals surface area contributed by atoms with E-state index in [1.54, 1.807) is 35.2 Å². The van der Waals surface area contributed by atoms with Crippen molar-refractivity contribution in [3.8, 4) is 17.2 Å². The molecule has 0 radical (unpaired) electrons. The Bertz CT molecular complexity index is 2020. The molecule has 3 heterocycles. The summed E-state index contributed by atoms with van der Waals surface area (Å²) < 4.78 is 21.0. The number of nitriles is 1. The molecule has 3 fully saturated rings. The molecule has 5 aromatic rings. The third-order valence-corrected chi connectivity index (χ3v) is 10.9. The molecule has 0 amide bonds. The van der Waals surface area contributed by atoms with E-state index in [1.807, 2.05) is 19.2 Å². The number of aromatic nitrogens is 4. The summed E-state index contributed by atoms with van der Waals surface area (Å²) in [5.41, 5.74) is 3.50. The maximum Gasteiger partial charge on any atom is 0.269 e. The fraction of sp³-hybridized carbons (Fsp3) is 0.333. The van der Waals surface area contributed by atoms with E-state index < -0.39 is 5.82 Å². The Morgan fingerprint density at radius 1 is 1.21 bits per heavy atom. The average molecular weight is 633 g/mol. The van der Waals surface area contributed by atoms with Crippen LogP contribution in [0.1, 0.15) is 55.9 Å². The molecule has 43 heavy (non-hydrogen) atoms. The minimum absolute atomic E-state index is 0.177. The van der Waals surface area contributed by atoms with Crippen molar-refractivity contribution < 1.29 is 4.39 Å². The van der Waals surface area contributed by atoms with Crippen LogP contribution >= 0.6 is 35.0 Å². The lowest BCUT2D eigenvalue weighted by Gasteiger charge is -2.39. The number of fused-ring (bicyclic) bond motifs is 4. The lowest BCUT2D eigenvalue weighted by Crippen LogP contribution is -2.33. The van der Waals surface area contributed by atoms with Crippen LogP contribution in [0.15, 0.2) is 58.7 Å². The molecule has 218 valence electrons. The van der Waals surface area contributed by atoms with Gasteiger partial charge in [-0.05, 0) is 74.5 Å². The highest BCUT2D eigenvalue weighted by molar-refractivity contribution is 7.98. The number of halogens is 3. The molecule has 10 heteroatoms. The second kappa shape index (κ2) is 11.0. The van der Waals surface area contributed by atoms with Gasteiger partial charge in [-0.15, -0.1) is 11.8 Å². The maximum absolute atomic E-state index is 17.0. The molecular weight excluding hydrogens is 604 g/mol. The number of nitrogens with zero attached hydrogens (tertiary/aromatic N) is 5. The number of benzene rings is 2. The Balaban J connectivity index is 1.59. The molecule has 3 aliphatic rings. The average Bonchev–Trinajstić information content (AvgIpc) is 3.74. The topological polar surface area (TPSA) is 76.5 Å². The Morgan fingerprint density at radius 2 is 2.00 bits per heavy atom. The van der Waals surface area contributed by atoms with Gasteiger partial charge in [0.2, 0.25) is 0 Å². The molecule has 1 unspecified atom stereocenters. The van der Waals surface area contributed by atoms with Crippen molar-refractivity contribution in [1.29, 1.82) is 5.26 Å². The Kier molecular flexibility index (Phi) is 7.24. The van der Waals surface area contributed by atoms with Crippen LogP contribution in [0.4, 0.5) is 4.39 Å². The van der Waals surface area contributed by atoms with Crippen LogP contribution in [-0.2, 0) is 6.42 Å². The molecule has 3 aromatic heterocycles. The van der Waals surface area contributed by atoms with Crippen LogP contribution in [0.25, 0.3) is 32.9 Å². The van der Waals surface area contributed by atoms with Gasteiger partial charge in [-0.2, -0.15) is 5.26 Å². The number of hydrogen-bond acceptors (Lipinski definition) is 5. The predicted octanol–water partition coefficient (Wildman–Crippen LogP) is 8.62. The van der Waals surface area contributed by atoms with Gasteiger partial charge in [0.1, 0.15) is 10.5 Å². The molecule has 8 rings (SSSR count). The quantitative estimate of drug-likeness (QED) is 0.168. The summed E-state index contributed by atoms with van der Waals surface area (Å²) in [6.45, 7) is 2.03. The molecule has 0 N–H and O–H groups in total. The van der Waals surface area contributed by atoms with E-state index >= 15 is 4.39 Å². The first-order valence-corrected chi connectivity index (χ1v) is 16.4. The van der Waals surface area contributed by atoms with Gasteiger partial charge in [-0.3, -0.25) is 9.78 Å². The minimum Gasteiger partial charge on any atom is -0.338 e. The van der Waals surface area contributed by atoms with E-state index in [2.05, 4.69) is 21.7 Å². The number of thioether (sulfide) groups is 1. The van der Waals surface area contributed by atoms with Crippen molar-refractivity contribution in [2.24, 2.45) is 11.8 Å². The Labute approximate surface area is 262 Å². The largest absolute Gasteiger partial charge is 0.338 e. The van der Waals surface area contributed by atoms with E-state index in [9.17, 15) is 10.1 Å². The molecule has 0 spiro atoms. The first-order chi connectivity index (χ1) is 20.8. The van der Waals surface area contributed by atoms with Crippen molar-refractivity contribution >= 4 is 56.8 Å². The van der Waals surface area contributed by atoms with Gasteiger partial charge in [-0.25, -0.2) is 9.37 Å². The van der Waals surface area contributed by atoms with Gasteiger partial charge in [0.15, 0.2) is 5.82 Å². The van der Waals surface area contributed by atoms with Crippen molar-refractivity contribution in [2.45, 2.75) is 56.1 Å². The summed E-state index contributed by atoms with van der Waals surface area (Å²) in [4.78, 5) is 21.8. The van der Waals surface area contributed by atoms with Crippen LogP contribution in [0.3, 0.4) is 0 Å². The predicted molar refractivity (Wildman–Crippen MR) is 171 cm³/mol. The third kappa shape index (κ3) is 4.39. The number of rotatable bonds is 7. The second-order valence-electron chi connectivity index (χ2n) is 11.5. The fourth-order valence-corrected chi connectivity index (χ4v) is 8.36. The number of hydrogen-bond donors (Lipinski definition) is 0.